The first-order valence-corrected chi connectivity index (χ1v) is 8.75. The molecule has 1 fully saturated rings. The van der Waals surface area contributed by atoms with E-state index < -0.39 is 23.2 Å². The Bertz CT molecular complexity index is 680. The van der Waals surface area contributed by atoms with Gasteiger partial charge in [-0.05, 0) is 45.0 Å². The van der Waals surface area contributed by atoms with Crippen molar-refractivity contribution in [2.45, 2.75) is 31.5 Å². The van der Waals surface area contributed by atoms with Gasteiger partial charge in [-0.3, -0.25) is 9.59 Å². The van der Waals surface area contributed by atoms with Crippen LogP contribution in [-0.2, 0) is 20.5 Å². The Labute approximate surface area is 168 Å². The van der Waals surface area contributed by atoms with Crippen LogP contribution in [0, 0.1) is 0 Å². The zero-order valence-electron chi connectivity index (χ0n) is 15.8. The minimum atomic E-state index is -4.58. The van der Waals surface area contributed by atoms with Gasteiger partial charge in [0.1, 0.15) is 5.60 Å². The highest BCUT2D eigenvalue weighted by Crippen LogP contribution is 2.34. The highest BCUT2D eigenvalue weighted by atomic mass is 35.5. The van der Waals surface area contributed by atoms with Crippen LogP contribution in [0.25, 0.3) is 0 Å². The maximum atomic E-state index is 13.1. The lowest BCUT2D eigenvalue weighted by Gasteiger charge is -2.38. The Morgan fingerprint density at radius 2 is 1.86 bits per heavy atom. The van der Waals surface area contributed by atoms with Crippen molar-refractivity contribution in [2.75, 3.05) is 38.6 Å². The largest absolute Gasteiger partial charge is 0.418 e. The molecule has 1 aromatic carbocycles. The van der Waals surface area contributed by atoms with E-state index in [-0.39, 0.29) is 37.1 Å². The molecular weight excluding hydrogens is 399 g/mol. The monoisotopic (exact) mass is 423 g/mol. The Morgan fingerprint density at radius 1 is 1.25 bits per heavy atom. The van der Waals surface area contributed by atoms with E-state index in [4.69, 9.17) is 4.74 Å². The summed E-state index contributed by atoms with van der Waals surface area (Å²) in [4.78, 5) is 26.5. The summed E-state index contributed by atoms with van der Waals surface area (Å²) < 4.78 is 44.6. The standard InChI is InChI=1S/C18H24F3N3O3.ClH/c1-3-24(16(26)17(27-2)8-10-22-11-9-17)12-15(25)23-14-7-5-4-6-13(14)18(19,20)21;/h4-7,22H,3,8-12H2,1-2H3,(H,23,25);1H. The first-order valence-electron chi connectivity index (χ1n) is 8.75. The van der Waals surface area contributed by atoms with Gasteiger partial charge in [-0.2, -0.15) is 13.2 Å². The molecule has 1 aliphatic rings. The normalized spacial score (nSPS) is 16.0. The smallest absolute Gasteiger partial charge is 0.368 e. The average molecular weight is 424 g/mol. The van der Waals surface area contributed by atoms with E-state index in [0.29, 0.717) is 25.9 Å². The number of anilines is 1. The van der Waals surface area contributed by atoms with Crippen LogP contribution in [0.4, 0.5) is 18.9 Å². The van der Waals surface area contributed by atoms with Crippen molar-refractivity contribution in [3.63, 3.8) is 0 Å². The van der Waals surface area contributed by atoms with Crippen LogP contribution in [-0.4, -0.2) is 55.6 Å². The molecule has 0 spiro atoms. The summed E-state index contributed by atoms with van der Waals surface area (Å²) in [5.74, 6) is -1.02. The lowest BCUT2D eigenvalue weighted by molar-refractivity contribution is -0.159. The van der Waals surface area contributed by atoms with Gasteiger partial charge >= 0.3 is 6.18 Å². The number of alkyl halides is 3. The number of carbonyl (C=O) groups excluding carboxylic acids is 2. The first kappa shape index (κ1) is 24.2. The molecule has 0 radical (unpaired) electrons. The molecular formula is C18H25ClF3N3O3. The fourth-order valence-corrected chi connectivity index (χ4v) is 3.15. The second-order valence-electron chi connectivity index (χ2n) is 6.36. The van der Waals surface area contributed by atoms with E-state index >= 15 is 0 Å². The number of hydrogen-bond acceptors (Lipinski definition) is 4. The lowest BCUT2D eigenvalue weighted by Crippen LogP contribution is -2.56. The number of benzene rings is 1. The van der Waals surface area contributed by atoms with Gasteiger partial charge in [-0.25, -0.2) is 0 Å². The van der Waals surface area contributed by atoms with Gasteiger partial charge in [-0.15, -0.1) is 12.4 Å². The van der Waals surface area contributed by atoms with Crippen LogP contribution in [0.5, 0.6) is 0 Å². The molecule has 1 heterocycles. The molecule has 0 bridgehead atoms. The molecule has 1 aromatic rings. The Morgan fingerprint density at radius 3 is 2.39 bits per heavy atom. The first-order chi connectivity index (χ1) is 12.7. The summed E-state index contributed by atoms with van der Waals surface area (Å²) in [6.45, 7) is 2.83. The molecule has 158 valence electrons. The van der Waals surface area contributed by atoms with Gasteiger partial charge in [0.05, 0.1) is 17.8 Å². The molecule has 2 rings (SSSR count). The molecule has 6 nitrogen and oxygen atoms in total. The van der Waals surface area contributed by atoms with E-state index in [1.165, 1.54) is 30.2 Å². The molecule has 2 amide bonds. The maximum Gasteiger partial charge on any atom is 0.418 e. The summed E-state index contributed by atoms with van der Waals surface area (Å²) in [6, 6.07) is 4.73. The van der Waals surface area contributed by atoms with Crippen molar-refractivity contribution in [3.8, 4) is 0 Å². The van der Waals surface area contributed by atoms with Crippen LogP contribution < -0.4 is 10.6 Å². The van der Waals surface area contributed by atoms with Crippen LogP contribution in [0.1, 0.15) is 25.3 Å². The summed E-state index contributed by atoms with van der Waals surface area (Å²) in [7, 11) is 1.46. The van der Waals surface area contributed by atoms with E-state index in [0.717, 1.165) is 6.07 Å². The Hall–Kier alpha value is -1.84. The van der Waals surface area contributed by atoms with E-state index in [9.17, 15) is 22.8 Å². The zero-order chi connectivity index (χ0) is 20.1. The SMILES string of the molecule is CCN(CC(=O)Nc1ccccc1C(F)(F)F)C(=O)C1(OC)CCNCC1.Cl. The molecule has 0 saturated carbocycles. The van der Waals surface area contributed by atoms with Gasteiger partial charge in [0.25, 0.3) is 5.91 Å². The quantitative estimate of drug-likeness (QED) is 0.738. The molecule has 2 N–H and O–H groups in total. The third kappa shape index (κ3) is 5.59. The van der Waals surface area contributed by atoms with E-state index in [1.807, 2.05) is 0 Å². The number of methoxy groups -OCH3 is 1. The van der Waals surface area contributed by atoms with Gasteiger partial charge < -0.3 is 20.3 Å². The molecule has 0 aliphatic carbocycles. The number of likely N-dealkylation sites (N-methyl/N-ethyl adjacent to an activating group) is 1. The topological polar surface area (TPSA) is 70.7 Å². The number of halogens is 4. The highest BCUT2D eigenvalue weighted by Gasteiger charge is 2.42. The Kier molecular flexibility index (Phi) is 8.72. The van der Waals surface area contributed by atoms with Crippen molar-refractivity contribution in [3.05, 3.63) is 29.8 Å². The number of amides is 2. The number of para-hydroxylation sites is 1. The number of piperidine rings is 1. The molecule has 28 heavy (non-hydrogen) atoms. The van der Waals surface area contributed by atoms with Crippen molar-refractivity contribution in [2.24, 2.45) is 0 Å². The number of nitrogens with zero attached hydrogens (tertiary/aromatic N) is 1. The third-order valence-electron chi connectivity index (χ3n) is 4.70. The summed E-state index contributed by atoms with van der Waals surface area (Å²) in [5.41, 5.74) is -2.27. The van der Waals surface area contributed by atoms with Gasteiger partial charge in [0.15, 0.2) is 0 Å². The number of rotatable bonds is 6. The van der Waals surface area contributed by atoms with Crippen molar-refractivity contribution in [1.29, 1.82) is 0 Å². The summed E-state index contributed by atoms with van der Waals surface area (Å²) in [6.07, 6.45) is -3.64. The van der Waals surface area contributed by atoms with Gasteiger partial charge in [-0.1, -0.05) is 12.1 Å². The molecule has 0 unspecified atom stereocenters. The van der Waals surface area contributed by atoms with Gasteiger partial charge in [0.2, 0.25) is 5.91 Å². The zero-order valence-corrected chi connectivity index (χ0v) is 16.6. The number of nitrogens with one attached hydrogen (secondary N) is 2. The molecule has 0 aromatic heterocycles. The third-order valence-corrected chi connectivity index (χ3v) is 4.70. The van der Waals surface area contributed by atoms with Crippen molar-refractivity contribution < 1.29 is 27.5 Å². The lowest BCUT2D eigenvalue weighted by atomic mass is 9.90. The van der Waals surface area contributed by atoms with Gasteiger partial charge in [0, 0.05) is 13.7 Å². The number of carbonyl (C=O) groups is 2. The summed E-state index contributed by atoms with van der Waals surface area (Å²) in [5, 5.41) is 5.41. The van der Waals surface area contributed by atoms with Crippen LogP contribution in [0.3, 0.4) is 0 Å². The fraction of sp³-hybridized carbons (Fsp3) is 0.556. The van der Waals surface area contributed by atoms with Crippen molar-refractivity contribution >= 4 is 29.9 Å². The minimum Gasteiger partial charge on any atom is -0.368 e. The second kappa shape index (κ2) is 10.1. The number of hydrogen-bond donors (Lipinski definition) is 2. The molecule has 10 heteroatoms. The summed E-state index contributed by atoms with van der Waals surface area (Å²) >= 11 is 0. The van der Waals surface area contributed by atoms with Crippen molar-refractivity contribution in [1.82, 2.24) is 10.2 Å². The van der Waals surface area contributed by atoms with Crippen LogP contribution >= 0.6 is 12.4 Å². The molecule has 0 atom stereocenters. The molecule has 1 aliphatic heterocycles. The highest BCUT2D eigenvalue weighted by molar-refractivity contribution is 5.96. The fourth-order valence-electron chi connectivity index (χ4n) is 3.15. The predicted octanol–water partition coefficient (Wildman–Crippen LogP) is 2.68. The van der Waals surface area contributed by atoms with Crippen LogP contribution in [0.15, 0.2) is 24.3 Å². The number of ether oxygens (including phenoxy) is 1. The van der Waals surface area contributed by atoms with E-state index in [1.54, 1.807) is 6.92 Å². The van der Waals surface area contributed by atoms with E-state index in [2.05, 4.69) is 10.6 Å². The predicted molar refractivity (Wildman–Crippen MR) is 101 cm³/mol. The minimum absolute atomic E-state index is 0. The maximum absolute atomic E-state index is 13.1. The van der Waals surface area contributed by atoms with Crippen LogP contribution in [0.2, 0.25) is 0 Å². The molecule has 1 saturated heterocycles. The second-order valence-corrected chi connectivity index (χ2v) is 6.36. The average Bonchev–Trinajstić information content (AvgIpc) is 2.65. The Balaban J connectivity index is 0.00000392.